The summed E-state index contributed by atoms with van der Waals surface area (Å²) in [7, 11) is 0. The highest BCUT2D eigenvalue weighted by Gasteiger charge is 2.11. The van der Waals surface area contributed by atoms with Gasteiger partial charge in [-0.15, -0.1) is 0 Å². The Hall–Kier alpha value is -2.96. The molecular formula is C17H19N5O2. The van der Waals surface area contributed by atoms with Gasteiger partial charge in [-0.2, -0.15) is 10.1 Å². The Morgan fingerprint density at radius 2 is 2.17 bits per heavy atom. The highest BCUT2D eigenvalue weighted by atomic mass is 16.5. The van der Waals surface area contributed by atoms with Crippen molar-refractivity contribution in [3.63, 3.8) is 0 Å². The van der Waals surface area contributed by atoms with Gasteiger partial charge in [-0.3, -0.25) is 4.79 Å². The summed E-state index contributed by atoms with van der Waals surface area (Å²) in [5, 5.41) is 6.99. The number of ether oxygens (including phenoxy) is 1. The number of aromatic nitrogens is 4. The monoisotopic (exact) mass is 325 g/mol. The van der Waals surface area contributed by atoms with Gasteiger partial charge in [0.1, 0.15) is 12.1 Å². The van der Waals surface area contributed by atoms with Crippen molar-refractivity contribution in [3.8, 4) is 5.75 Å². The number of nitrogens with zero attached hydrogens (tertiary/aromatic N) is 4. The van der Waals surface area contributed by atoms with Crippen LogP contribution >= 0.6 is 0 Å². The number of aryl methyl sites for hydroxylation is 1. The fraction of sp³-hybridized carbons (Fsp3) is 0.294. The minimum atomic E-state index is -0.121. The zero-order valence-electron chi connectivity index (χ0n) is 13.5. The normalized spacial score (nSPS) is 10.7. The first-order chi connectivity index (χ1) is 11.8. The van der Waals surface area contributed by atoms with Crippen LogP contribution in [-0.4, -0.2) is 38.6 Å². The van der Waals surface area contributed by atoms with Crippen LogP contribution in [0.4, 0.5) is 0 Å². The second-order valence-corrected chi connectivity index (χ2v) is 5.26. The summed E-state index contributed by atoms with van der Waals surface area (Å²) >= 11 is 0. The lowest BCUT2D eigenvalue weighted by Gasteiger charge is -2.10. The van der Waals surface area contributed by atoms with Crippen LogP contribution in [-0.2, 0) is 6.42 Å². The SMILES string of the molecule is CCOc1ccccc1C(=O)NCCCc1cnc2ncnn2c1. The van der Waals surface area contributed by atoms with Crippen LogP contribution in [0.15, 0.2) is 43.0 Å². The molecule has 1 N–H and O–H groups in total. The fourth-order valence-electron chi connectivity index (χ4n) is 2.41. The number of nitrogens with one attached hydrogen (secondary N) is 1. The van der Waals surface area contributed by atoms with Crippen LogP contribution < -0.4 is 10.1 Å². The Balaban J connectivity index is 1.51. The molecule has 0 aliphatic carbocycles. The molecule has 0 aliphatic rings. The van der Waals surface area contributed by atoms with Crippen molar-refractivity contribution in [1.82, 2.24) is 24.9 Å². The second kappa shape index (κ2) is 7.54. The maximum Gasteiger partial charge on any atom is 0.255 e. The van der Waals surface area contributed by atoms with E-state index in [1.807, 2.05) is 25.3 Å². The molecule has 2 heterocycles. The number of carbonyl (C=O) groups is 1. The molecule has 24 heavy (non-hydrogen) atoms. The average Bonchev–Trinajstić information content (AvgIpc) is 3.07. The largest absolute Gasteiger partial charge is 0.493 e. The van der Waals surface area contributed by atoms with E-state index in [1.165, 1.54) is 6.33 Å². The number of benzene rings is 1. The molecule has 0 saturated carbocycles. The standard InChI is InChI=1S/C17H19N5O2/c1-2-24-15-8-4-3-7-14(15)16(23)18-9-5-6-13-10-19-17-20-12-21-22(17)11-13/h3-4,7-8,10-12H,2,5-6,9H2,1H3,(H,18,23). The van der Waals surface area contributed by atoms with E-state index in [1.54, 1.807) is 22.8 Å². The van der Waals surface area contributed by atoms with Crippen molar-refractivity contribution >= 4 is 11.7 Å². The van der Waals surface area contributed by atoms with Gasteiger partial charge in [0.05, 0.1) is 12.2 Å². The molecule has 0 fully saturated rings. The van der Waals surface area contributed by atoms with E-state index in [2.05, 4.69) is 20.4 Å². The number of para-hydroxylation sites is 1. The van der Waals surface area contributed by atoms with Crippen LogP contribution in [0.3, 0.4) is 0 Å². The van der Waals surface area contributed by atoms with E-state index in [4.69, 9.17) is 4.74 Å². The summed E-state index contributed by atoms with van der Waals surface area (Å²) in [6, 6.07) is 7.26. The summed E-state index contributed by atoms with van der Waals surface area (Å²) < 4.78 is 7.13. The fourth-order valence-corrected chi connectivity index (χ4v) is 2.41. The Bertz CT molecular complexity index is 830. The molecular weight excluding hydrogens is 306 g/mol. The topological polar surface area (TPSA) is 81.4 Å². The number of carbonyl (C=O) groups excluding carboxylic acids is 1. The van der Waals surface area contributed by atoms with E-state index in [-0.39, 0.29) is 5.91 Å². The van der Waals surface area contributed by atoms with Gasteiger partial charge >= 0.3 is 0 Å². The summed E-state index contributed by atoms with van der Waals surface area (Å²) in [5.41, 5.74) is 1.61. The van der Waals surface area contributed by atoms with Crippen LogP contribution in [0, 0.1) is 0 Å². The van der Waals surface area contributed by atoms with E-state index in [0.717, 1.165) is 18.4 Å². The molecule has 0 bridgehead atoms. The molecule has 1 aromatic carbocycles. The highest BCUT2D eigenvalue weighted by molar-refractivity contribution is 5.96. The van der Waals surface area contributed by atoms with E-state index >= 15 is 0 Å². The van der Waals surface area contributed by atoms with E-state index in [9.17, 15) is 4.79 Å². The lowest BCUT2D eigenvalue weighted by Crippen LogP contribution is -2.25. The third kappa shape index (κ3) is 3.68. The summed E-state index contributed by atoms with van der Waals surface area (Å²) in [4.78, 5) is 20.5. The van der Waals surface area contributed by atoms with Gasteiger partial charge < -0.3 is 10.1 Å². The maximum atomic E-state index is 12.3. The van der Waals surface area contributed by atoms with Crippen molar-refractivity contribution in [1.29, 1.82) is 0 Å². The van der Waals surface area contributed by atoms with Gasteiger partial charge in [0.15, 0.2) is 0 Å². The predicted octanol–water partition coefficient (Wildman–Crippen LogP) is 1.89. The molecule has 2 aromatic heterocycles. The molecule has 7 nitrogen and oxygen atoms in total. The predicted molar refractivity (Wildman–Crippen MR) is 89.0 cm³/mol. The van der Waals surface area contributed by atoms with Crippen molar-refractivity contribution in [2.75, 3.05) is 13.2 Å². The summed E-state index contributed by atoms with van der Waals surface area (Å²) in [6.07, 6.45) is 6.78. The Kier molecular flexibility index (Phi) is 5.00. The number of fused-ring (bicyclic) bond motifs is 1. The smallest absolute Gasteiger partial charge is 0.255 e. The van der Waals surface area contributed by atoms with E-state index in [0.29, 0.717) is 30.2 Å². The molecule has 1 amide bonds. The zero-order valence-corrected chi connectivity index (χ0v) is 13.5. The number of rotatable bonds is 7. The first-order valence-corrected chi connectivity index (χ1v) is 7.92. The molecule has 3 rings (SSSR count). The molecule has 0 aliphatic heterocycles. The quantitative estimate of drug-likeness (QED) is 0.671. The van der Waals surface area contributed by atoms with Crippen molar-refractivity contribution in [2.24, 2.45) is 0 Å². The van der Waals surface area contributed by atoms with Gasteiger partial charge in [-0.25, -0.2) is 9.50 Å². The van der Waals surface area contributed by atoms with Crippen LogP contribution in [0.5, 0.6) is 5.75 Å². The molecule has 0 spiro atoms. The van der Waals surface area contributed by atoms with Gasteiger partial charge in [-0.1, -0.05) is 12.1 Å². The third-order valence-electron chi connectivity index (χ3n) is 3.55. The molecule has 124 valence electrons. The van der Waals surface area contributed by atoms with Crippen LogP contribution in [0.25, 0.3) is 5.78 Å². The first kappa shape index (κ1) is 15.9. The minimum Gasteiger partial charge on any atom is -0.493 e. The van der Waals surface area contributed by atoms with Gasteiger partial charge in [0, 0.05) is 18.9 Å². The van der Waals surface area contributed by atoms with Crippen LogP contribution in [0.2, 0.25) is 0 Å². The second-order valence-electron chi connectivity index (χ2n) is 5.26. The van der Waals surface area contributed by atoms with Crippen molar-refractivity contribution in [2.45, 2.75) is 19.8 Å². The number of amides is 1. The molecule has 7 heteroatoms. The molecule has 3 aromatic rings. The highest BCUT2D eigenvalue weighted by Crippen LogP contribution is 2.17. The molecule has 0 saturated heterocycles. The minimum absolute atomic E-state index is 0.121. The lowest BCUT2D eigenvalue weighted by atomic mass is 10.1. The summed E-state index contributed by atoms with van der Waals surface area (Å²) in [5.74, 6) is 1.07. The van der Waals surface area contributed by atoms with Crippen molar-refractivity contribution in [3.05, 3.63) is 54.1 Å². The van der Waals surface area contributed by atoms with Crippen molar-refractivity contribution < 1.29 is 9.53 Å². The van der Waals surface area contributed by atoms with Gasteiger partial charge in [0.25, 0.3) is 11.7 Å². The average molecular weight is 325 g/mol. The van der Waals surface area contributed by atoms with E-state index < -0.39 is 0 Å². The first-order valence-electron chi connectivity index (χ1n) is 7.92. The Morgan fingerprint density at radius 3 is 3.04 bits per heavy atom. The maximum absolute atomic E-state index is 12.3. The van der Waals surface area contributed by atoms with Gasteiger partial charge in [0.2, 0.25) is 0 Å². The third-order valence-corrected chi connectivity index (χ3v) is 3.55. The Morgan fingerprint density at radius 1 is 1.29 bits per heavy atom. The Labute approximate surface area is 139 Å². The lowest BCUT2D eigenvalue weighted by molar-refractivity contribution is 0.0949. The zero-order chi connectivity index (χ0) is 16.8. The van der Waals surface area contributed by atoms with Crippen LogP contribution in [0.1, 0.15) is 29.3 Å². The number of hydrogen-bond donors (Lipinski definition) is 1. The molecule has 0 radical (unpaired) electrons. The molecule has 0 atom stereocenters. The molecule has 0 unspecified atom stereocenters. The number of hydrogen-bond acceptors (Lipinski definition) is 5. The van der Waals surface area contributed by atoms with Gasteiger partial charge in [-0.05, 0) is 37.5 Å². The summed E-state index contributed by atoms with van der Waals surface area (Å²) in [6.45, 7) is 3.01.